The highest BCUT2D eigenvalue weighted by molar-refractivity contribution is 14.0. The molecule has 0 spiro atoms. The van der Waals surface area contributed by atoms with Gasteiger partial charge < -0.3 is 20.3 Å². The van der Waals surface area contributed by atoms with Crippen LogP contribution in [-0.2, 0) is 11.2 Å². The van der Waals surface area contributed by atoms with E-state index in [2.05, 4.69) is 52.9 Å². The second-order valence-corrected chi connectivity index (χ2v) is 8.63. The SMILES string of the molecule is CN=C(NCCc1cccc(C(=O)N(C)C)c1)NCC1CCCOC1c1ccc(C)cc1.I. The Hall–Kier alpha value is -2.13. The number of nitrogens with one attached hydrogen (secondary N) is 2. The topological polar surface area (TPSA) is 66.0 Å². The number of hydrogen-bond donors (Lipinski definition) is 2. The molecule has 2 N–H and O–H groups in total. The molecule has 1 heterocycles. The van der Waals surface area contributed by atoms with Crippen LogP contribution in [0.4, 0.5) is 0 Å². The zero-order valence-corrected chi connectivity index (χ0v) is 22.5. The summed E-state index contributed by atoms with van der Waals surface area (Å²) in [7, 11) is 5.33. The van der Waals surface area contributed by atoms with E-state index in [1.165, 1.54) is 11.1 Å². The van der Waals surface area contributed by atoms with Crippen molar-refractivity contribution in [1.29, 1.82) is 0 Å². The number of amides is 1. The third kappa shape index (κ3) is 7.99. The zero-order chi connectivity index (χ0) is 22.9. The normalized spacial score (nSPS) is 18.2. The summed E-state index contributed by atoms with van der Waals surface area (Å²) >= 11 is 0. The van der Waals surface area contributed by atoms with Gasteiger partial charge in [-0.1, -0.05) is 42.0 Å². The number of ether oxygens (including phenoxy) is 1. The van der Waals surface area contributed by atoms with Crippen LogP contribution in [0, 0.1) is 12.8 Å². The van der Waals surface area contributed by atoms with Crippen molar-refractivity contribution in [2.45, 2.75) is 32.3 Å². The van der Waals surface area contributed by atoms with Crippen molar-refractivity contribution in [3.8, 4) is 0 Å². The second kappa shape index (κ2) is 13.5. The number of carbonyl (C=O) groups excluding carboxylic acids is 1. The number of rotatable bonds is 7. The molecular weight excluding hydrogens is 527 g/mol. The first-order valence-electron chi connectivity index (χ1n) is 11.4. The van der Waals surface area contributed by atoms with Crippen LogP contribution in [0.5, 0.6) is 0 Å². The summed E-state index contributed by atoms with van der Waals surface area (Å²) in [6, 6.07) is 16.5. The number of hydrogen-bond acceptors (Lipinski definition) is 3. The summed E-state index contributed by atoms with van der Waals surface area (Å²) in [5.74, 6) is 1.22. The Morgan fingerprint density at radius 3 is 2.61 bits per heavy atom. The molecule has 1 aliphatic rings. The summed E-state index contributed by atoms with van der Waals surface area (Å²) < 4.78 is 6.14. The molecule has 2 aromatic carbocycles. The maximum Gasteiger partial charge on any atom is 0.253 e. The Balaban J connectivity index is 0.00000385. The van der Waals surface area contributed by atoms with Crippen LogP contribution in [-0.4, -0.2) is 57.6 Å². The van der Waals surface area contributed by atoms with Gasteiger partial charge in [-0.25, -0.2) is 0 Å². The molecule has 0 aliphatic carbocycles. The molecule has 33 heavy (non-hydrogen) atoms. The summed E-state index contributed by atoms with van der Waals surface area (Å²) in [4.78, 5) is 18.2. The van der Waals surface area contributed by atoms with E-state index in [-0.39, 0.29) is 36.0 Å². The van der Waals surface area contributed by atoms with E-state index in [1.807, 2.05) is 18.2 Å². The van der Waals surface area contributed by atoms with E-state index in [9.17, 15) is 4.79 Å². The lowest BCUT2D eigenvalue weighted by Gasteiger charge is -2.32. The maximum absolute atomic E-state index is 12.2. The van der Waals surface area contributed by atoms with Gasteiger partial charge in [-0.3, -0.25) is 9.79 Å². The summed E-state index contributed by atoms with van der Waals surface area (Å²) in [6.07, 6.45) is 3.15. The first-order valence-corrected chi connectivity index (χ1v) is 11.4. The average Bonchev–Trinajstić information content (AvgIpc) is 2.81. The molecule has 1 saturated heterocycles. The van der Waals surface area contributed by atoms with Crippen LogP contribution in [0.15, 0.2) is 53.5 Å². The molecule has 0 saturated carbocycles. The molecule has 0 aromatic heterocycles. The minimum atomic E-state index is 0. The lowest BCUT2D eigenvalue weighted by Crippen LogP contribution is -2.42. The quantitative estimate of drug-likeness (QED) is 0.301. The highest BCUT2D eigenvalue weighted by Gasteiger charge is 2.27. The van der Waals surface area contributed by atoms with E-state index in [4.69, 9.17) is 4.74 Å². The Labute approximate surface area is 215 Å². The number of aryl methyl sites for hydroxylation is 1. The van der Waals surface area contributed by atoms with Crippen LogP contribution in [0.2, 0.25) is 0 Å². The third-order valence-electron chi connectivity index (χ3n) is 5.89. The van der Waals surface area contributed by atoms with Crippen molar-refractivity contribution >= 4 is 35.8 Å². The van der Waals surface area contributed by atoms with Gasteiger partial charge in [0.05, 0.1) is 6.10 Å². The second-order valence-electron chi connectivity index (χ2n) is 8.63. The standard InChI is InChI=1S/C26H36N4O2.HI/c1-19-10-12-21(13-11-19)24-23(9-6-16-32-24)18-29-26(27-2)28-15-14-20-7-5-8-22(17-20)25(31)30(3)4;/h5,7-8,10-13,17,23-24H,6,9,14-16,18H2,1-4H3,(H2,27,28,29);1H. The monoisotopic (exact) mass is 564 g/mol. The van der Waals surface area contributed by atoms with Crippen LogP contribution in [0.3, 0.4) is 0 Å². The van der Waals surface area contributed by atoms with E-state index in [0.29, 0.717) is 5.92 Å². The lowest BCUT2D eigenvalue weighted by molar-refractivity contribution is -0.0265. The number of nitrogens with zero attached hydrogens (tertiary/aromatic N) is 2. The van der Waals surface area contributed by atoms with E-state index in [1.54, 1.807) is 26.0 Å². The fourth-order valence-electron chi connectivity index (χ4n) is 4.07. The minimum Gasteiger partial charge on any atom is -0.373 e. The van der Waals surface area contributed by atoms with Gasteiger partial charge in [-0.2, -0.15) is 0 Å². The van der Waals surface area contributed by atoms with Crippen LogP contribution < -0.4 is 10.6 Å². The van der Waals surface area contributed by atoms with Crippen LogP contribution in [0.1, 0.15) is 46.0 Å². The fourth-order valence-corrected chi connectivity index (χ4v) is 4.07. The Kier molecular flexibility index (Phi) is 11.1. The average molecular weight is 565 g/mol. The number of benzene rings is 2. The van der Waals surface area contributed by atoms with Crippen LogP contribution in [0.25, 0.3) is 0 Å². The van der Waals surface area contributed by atoms with E-state index < -0.39 is 0 Å². The molecule has 2 unspecified atom stereocenters. The minimum absolute atomic E-state index is 0. The molecule has 1 fully saturated rings. The maximum atomic E-state index is 12.2. The smallest absolute Gasteiger partial charge is 0.253 e. The molecule has 180 valence electrons. The summed E-state index contributed by atoms with van der Waals surface area (Å²) in [5, 5.41) is 6.87. The highest BCUT2D eigenvalue weighted by atomic mass is 127. The van der Waals surface area contributed by atoms with Gasteiger partial charge in [0.2, 0.25) is 0 Å². The first-order chi connectivity index (χ1) is 15.5. The van der Waals surface area contributed by atoms with Crippen molar-refractivity contribution in [2.24, 2.45) is 10.9 Å². The van der Waals surface area contributed by atoms with Crippen molar-refractivity contribution in [3.05, 3.63) is 70.8 Å². The van der Waals surface area contributed by atoms with E-state index >= 15 is 0 Å². The Morgan fingerprint density at radius 1 is 1.15 bits per heavy atom. The highest BCUT2D eigenvalue weighted by Crippen LogP contribution is 2.33. The van der Waals surface area contributed by atoms with Crippen LogP contribution >= 0.6 is 24.0 Å². The predicted octanol–water partition coefficient (Wildman–Crippen LogP) is 4.19. The molecule has 0 bridgehead atoms. The van der Waals surface area contributed by atoms with Gasteiger partial charge in [-0.05, 0) is 49.4 Å². The molecule has 6 nitrogen and oxygen atoms in total. The first kappa shape index (κ1) is 27.1. The summed E-state index contributed by atoms with van der Waals surface area (Å²) in [5.41, 5.74) is 4.35. The molecule has 2 atom stereocenters. The Morgan fingerprint density at radius 2 is 1.91 bits per heavy atom. The van der Waals surface area contributed by atoms with E-state index in [0.717, 1.165) is 56.0 Å². The van der Waals surface area contributed by atoms with Crippen molar-refractivity contribution in [1.82, 2.24) is 15.5 Å². The van der Waals surface area contributed by atoms with Gasteiger partial charge in [-0.15, -0.1) is 24.0 Å². The molecule has 1 aliphatic heterocycles. The van der Waals surface area contributed by atoms with Gasteiger partial charge >= 0.3 is 0 Å². The summed E-state index contributed by atoms with van der Waals surface area (Å²) in [6.45, 7) is 4.47. The number of halogens is 1. The number of carbonyl (C=O) groups is 1. The molecule has 3 rings (SSSR count). The van der Waals surface area contributed by atoms with Crippen molar-refractivity contribution in [3.63, 3.8) is 0 Å². The number of aliphatic imine (C=N–C) groups is 1. The molecule has 2 aromatic rings. The van der Waals surface area contributed by atoms with Gasteiger partial charge in [0, 0.05) is 52.3 Å². The van der Waals surface area contributed by atoms with Gasteiger partial charge in [0.1, 0.15) is 0 Å². The van der Waals surface area contributed by atoms with Gasteiger partial charge in [0.25, 0.3) is 5.91 Å². The molecule has 0 radical (unpaired) electrons. The van der Waals surface area contributed by atoms with Crippen molar-refractivity contribution in [2.75, 3.05) is 40.8 Å². The van der Waals surface area contributed by atoms with Crippen molar-refractivity contribution < 1.29 is 9.53 Å². The number of guanidine groups is 1. The third-order valence-corrected chi connectivity index (χ3v) is 5.89. The Bertz CT molecular complexity index is 915. The van der Waals surface area contributed by atoms with Gasteiger partial charge in [0.15, 0.2) is 5.96 Å². The zero-order valence-electron chi connectivity index (χ0n) is 20.1. The molecule has 1 amide bonds. The molecule has 7 heteroatoms. The lowest BCUT2D eigenvalue weighted by atomic mass is 9.89. The predicted molar refractivity (Wildman–Crippen MR) is 146 cm³/mol. The molecular formula is C26H37IN4O2. The fraction of sp³-hybridized carbons (Fsp3) is 0.462. The largest absolute Gasteiger partial charge is 0.373 e.